The summed E-state index contributed by atoms with van der Waals surface area (Å²) in [6.45, 7) is 1.97. The fourth-order valence-corrected chi connectivity index (χ4v) is 2.17. The average molecular weight is 263 g/mol. The van der Waals surface area contributed by atoms with Crippen LogP contribution in [0.25, 0.3) is 0 Å². The molecule has 5 nitrogen and oxygen atoms in total. The summed E-state index contributed by atoms with van der Waals surface area (Å²) in [5.41, 5.74) is 7.28. The number of anilines is 3. The second-order valence-corrected chi connectivity index (χ2v) is 4.89. The number of aromatic nitrogens is 1. The van der Waals surface area contributed by atoms with Crippen molar-refractivity contribution in [2.24, 2.45) is 0 Å². The molecule has 0 saturated heterocycles. The predicted octanol–water partition coefficient (Wildman–Crippen LogP) is 2.56. The van der Waals surface area contributed by atoms with Gasteiger partial charge in [0.25, 0.3) is 0 Å². The molecule has 6 heteroatoms. The van der Waals surface area contributed by atoms with Crippen LogP contribution in [0.1, 0.15) is 15.2 Å². The lowest BCUT2D eigenvalue weighted by Gasteiger charge is -2.09. The van der Waals surface area contributed by atoms with E-state index in [1.54, 1.807) is 24.4 Å². The van der Waals surface area contributed by atoms with Gasteiger partial charge in [-0.3, -0.25) is 0 Å². The zero-order valence-electron chi connectivity index (χ0n) is 10.1. The number of carbonyl (C=O) groups is 1. The van der Waals surface area contributed by atoms with E-state index in [1.807, 2.05) is 6.92 Å². The maximum atomic E-state index is 11.5. The number of nitrogen functional groups attached to an aromatic ring is 1. The second-order valence-electron chi connectivity index (χ2n) is 3.66. The van der Waals surface area contributed by atoms with Crippen molar-refractivity contribution in [3.05, 3.63) is 34.8 Å². The van der Waals surface area contributed by atoms with Crippen LogP contribution in [0.4, 0.5) is 16.5 Å². The molecule has 3 N–H and O–H groups in total. The van der Waals surface area contributed by atoms with Gasteiger partial charge in [-0.15, -0.1) is 11.3 Å². The van der Waals surface area contributed by atoms with E-state index < -0.39 is 5.97 Å². The highest BCUT2D eigenvalue weighted by atomic mass is 32.1. The number of benzene rings is 1. The predicted molar refractivity (Wildman–Crippen MR) is 72.3 cm³/mol. The van der Waals surface area contributed by atoms with Crippen LogP contribution in [-0.2, 0) is 4.74 Å². The molecule has 0 fully saturated rings. The van der Waals surface area contributed by atoms with E-state index in [1.165, 1.54) is 18.4 Å². The lowest BCUT2D eigenvalue weighted by molar-refractivity contribution is 0.0602. The molecule has 1 heterocycles. The molecule has 2 aromatic rings. The average Bonchev–Trinajstić information content (AvgIpc) is 2.76. The SMILES string of the molecule is COC(=O)c1cccc(Nc2ncc(C)s2)c1N. The lowest BCUT2D eigenvalue weighted by atomic mass is 10.1. The molecular weight excluding hydrogens is 250 g/mol. The molecule has 0 aliphatic rings. The van der Waals surface area contributed by atoms with Gasteiger partial charge in [-0.05, 0) is 19.1 Å². The minimum absolute atomic E-state index is 0.343. The Kier molecular flexibility index (Phi) is 3.47. The van der Waals surface area contributed by atoms with Crippen LogP contribution in [0.5, 0.6) is 0 Å². The Bertz CT molecular complexity index is 580. The molecule has 0 aliphatic heterocycles. The van der Waals surface area contributed by atoms with Crippen molar-refractivity contribution in [3.63, 3.8) is 0 Å². The van der Waals surface area contributed by atoms with Gasteiger partial charge in [-0.25, -0.2) is 9.78 Å². The van der Waals surface area contributed by atoms with E-state index in [2.05, 4.69) is 15.0 Å². The normalized spacial score (nSPS) is 10.1. The first-order valence-corrected chi connectivity index (χ1v) is 6.09. The summed E-state index contributed by atoms with van der Waals surface area (Å²) in [6.07, 6.45) is 1.77. The third-order valence-electron chi connectivity index (χ3n) is 2.37. The summed E-state index contributed by atoms with van der Waals surface area (Å²) in [6, 6.07) is 5.16. The van der Waals surface area contributed by atoms with Crippen LogP contribution in [-0.4, -0.2) is 18.1 Å². The van der Waals surface area contributed by atoms with Gasteiger partial charge in [-0.2, -0.15) is 0 Å². The topological polar surface area (TPSA) is 77.2 Å². The summed E-state index contributed by atoms with van der Waals surface area (Å²) in [7, 11) is 1.33. The molecule has 0 atom stereocenters. The van der Waals surface area contributed by atoms with E-state index in [0.717, 1.165) is 10.0 Å². The maximum absolute atomic E-state index is 11.5. The number of methoxy groups -OCH3 is 1. The summed E-state index contributed by atoms with van der Waals surface area (Å²) >= 11 is 1.52. The van der Waals surface area contributed by atoms with Gasteiger partial charge in [0, 0.05) is 11.1 Å². The van der Waals surface area contributed by atoms with Gasteiger partial charge in [-0.1, -0.05) is 6.07 Å². The molecule has 0 bridgehead atoms. The highest BCUT2D eigenvalue weighted by molar-refractivity contribution is 7.15. The molecule has 94 valence electrons. The summed E-state index contributed by atoms with van der Waals surface area (Å²) in [5.74, 6) is -0.452. The van der Waals surface area contributed by atoms with Crippen molar-refractivity contribution in [3.8, 4) is 0 Å². The van der Waals surface area contributed by atoms with Crippen molar-refractivity contribution < 1.29 is 9.53 Å². The number of thiazole rings is 1. The number of rotatable bonds is 3. The highest BCUT2D eigenvalue weighted by Gasteiger charge is 2.13. The Hall–Kier alpha value is -2.08. The minimum atomic E-state index is -0.452. The van der Waals surface area contributed by atoms with E-state index in [0.29, 0.717) is 16.9 Å². The summed E-state index contributed by atoms with van der Waals surface area (Å²) in [5, 5.41) is 3.82. The van der Waals surface area contributed by atoms with E-state index in [-0.39, 0.29) is 0 Å². The largest absolute Gasteiger partial charge is 0.465 e. The number of hydrogen-bond donors (Lipinski definition) is 2. The molecular formula is C12H13N3O2S. The Balaban J connectivity index is 2.31. The summed E-state index contributed by atoms with van der Waals surface area (Å²) in [4.78, 5) is 16.8. The van der Waals surface area contributed by atoms with Crippen molar-refractivity contribution in [2.45, 2.75) is 6.92 Å². The molecule has 18 heavy (non-hydrogen) atoms. The molecule has 1 aromatic heterocycles. The first kappa shape index (κ1) is 12.4. The minimum Gasteiger partial charge on any atom is -0.465 e. The van der Waals surface area contributed by atoms with E-state index >= 15 is 0 Å². The van der Waals surface area contributed by atoms with Gasteiger partial charge >= 0.3 is 5.97 Å². The van der Waals surface area contributed by atoms with Gasteiger partial charge in [0.05, 0.1) is 24.0 Å². The Labute approximate surface area is 109 Å². The fraction of sp³-hybridized carbons (Fsp3) is 0.167. The highest BCUT2D eigenvalue weighted by Crippen LogP contribution is 2.28. The number of nitrogens with one attached hydrogen (secondary N) is 1. The molecule has 0 unspecified atom stereocenters. The van der Waals surface area contributed by atoms with Crippen LogP contribution in [0.2, 0.25) is 0 Å². The fourth-order valence-electron chi connectivity index (χ4n) is 1.49. The van der Waals surface area contributed by atoms with Crippen LogP contribution in [0, 0.1) is 6.92 Å². The number of aryl methyl sites for hydroxylation is 1. The Morgan fingerprint density at radius 2 is 2.28 bits per heavy atom. The van der Waals surface area contributed by atoms with Crippen molar-refractivity contribution >= 4 is 33.8 Å². The van der Waals surface area contributed by atoms with Crippen LogP contribution >= 0.6 is 11.3 Å². The van der Waals surface area contributed by atoms with E-state index in [9.17, 15) is 4.79 Å². The molecule has 1 aromatic carbocycles. The first-order chi connectivity index (χ1) is 8.61. The molecule has 0 radical (unpaired) electrons. The van der Waals surface area contributed by atoms with Crippen LogP contribution < -0.4 is 11.1 Å². The molecule has 0 spiro atoms. The van der Waals surface area contributed by atoms with Crippen LogP contribution in [0.3, 0.4) is 0 Å². The standard InChI is InChI=1S/C12H13N3O2S/c1-7-6-14-12(18-7)15-9-5-3-4-8(10(9)13)11(16)17-2/h3-6H,13H2,1-2H3,(H,14,15). The smallest absolute Gasteiger partial charge is 0.340 e. The van der Waals surface area contributed by atoms with Gasteiger partial charge in [0.15, 0.2) is 5.13 Å². The monoisotopic (exact) mass is 263 g/mol. The zero-order valence-corrected chi connectivity index (χ0v) is 10.9. The number of nitrogens with zero attached hydrogens (tertiary/aromatic N) is 1. The number of nitrogens with two attached hydrogens (primary N) is 1. The number of hydrogen-bond acceptors (Lipinski definition) is 6. The number of ether oxygens (including phenoxy) is 1. The van der Waals surface area contributed by atoms with Crippen molar-refractivity contribution in [2.75, 3.05) is 18.2 Å². The van der Waals surface area contributed by atoms with Crippen molar-refractivity contribution in [1.29, 1.82) is 0 Å². The third-order valence-corrected chi connectivity index (χ3v) is 3.20. The zero-order chi connectivity index (χ0) is 13.1. The van der Waals surface area contributed by atoms with Crippen molar-refractivity contribution in [1.82, 2.24) is 4.98 Å². The lowest BCUT2D eigenvalue weighted by Crippen LogP contribution is -2.07. The second kappa shape index (κ2) is 5.05. The molecule has 0 aliphatic carbocycles. The maximum Gasteiger partial charge on any atom is 0.340 e. The Morgan fingerprint density at radius 1 is 1.50 bits per heavy atom. The Morgan fingerprint density at radius 3 is 2.89 bits per heavy atom. The van der Waals surface area contributed by atoms with Gasteiger partial charge in [0.2, 0.25) is 0 Å². The number of esters is 1. The number of carbonyl (C=O) groups excluding carboxylic acids is 1. The van der Waals surface area contributed by atoms with Gasteiger partial charge < -0.3 is 15.8 Å². The molecule has 2 rings (SSSR count). The molecule has 0 saturated carbocycles. The molecule has 0 amide bonds. The quantitative estimate of drug-likeness (QED) is 0.657. The third kappa shape index (κ3) is 2.43. The first-order valence-electron chi connectivity index (χ1n) is 5.28. The van der Waals surface area contributed by atoms with E-state index in [4.69, 9.17) is 5.73 Å². The van der Waals surface area contributed by atoms with Crippen LogP contribution in [0.15, 0.2) is 24.4 Å². The summed E-state index contributed by atoms with van der Waals surface area (Å²) < 4.78 is 4.67. The number of para-hydroxylation sites is 1. The van der Waals surface area contributed by atoms with Gasteiger partial charge in [0.1, 0.15) is 0 Å².